The predicted octanol–water partition coefficient (Wildman–Crippen LogP) is 1.88. The van der Waals surface area contributed by atoms with Gasteiger partial charge in [0.2, 0.25) is 5.91 Å². The SMILES string of the molecule is CN(C)C(=O)C(Cc1ccccc1)NC(=O)NCc1ccc(C(=O)O)cc1. The Balaban J connectivity index is 1.96. The van der Waals surface area contributed by atoms with Crippen molar-refractivity contribution in [2.75, 3.05) is 14.1 Å². The summed E-state index contributed by atoms with van der Waals surface area (Å²) in [4.78, 5) is 36.9. The summed E-state index contributed by atoms with van der Waals surface area (Å²) in [5.74, 6) is -1.20. The monoisotopic (exact) mass is 369 g/mol. The highest BCUT2D eigenvalue weighted by Gasteiger charge is 2.22. The molecule has 7 nitrogen and oxygen atoms in total. The molecule has 142 valence electrons. The second-order valence-electron chi connectivity index (χ2n) is 6.30. The third-order valence-electron chi connectivity index (χ3n) is 3.98. The zero-order valence-electron chi connectivity index (χ0n) is 15.3. The van der Waals surface area contributed by atoms with Crippen LogP contribution in [0.1, 0.15) is 21.5 Å². The summed E-state index contributed by atoms with van der Waals surface area (Å²) in [7, 11) is 3.29. The van der Waals surface area contributed by atoms with E-state index < -0.39 is 18.0 Å². The topological polar surface area (TPSA) is 98.7 Å². The molecule has 0 aromatic heterocycles. The van der Waals surface area contributed by atoms with Gasteiger partial charge in [-0.25, -0.2) is 9.59 Å². The number of likely N-dealkylation sites (N-methyl/N-ethyl adjacent to an activating group) is 1. The maximum atomic E-state index is 12.4. The van der Waals surface area contributed by atoms with E-state index in [0.29, 0.717) is 6.42 Å². The van der Waals surface area contributed by atoms with Crippen molar-refractivity contribution in [2.24, 2.45) is 0 Å². The lowest BCUT2D eigenvalue weighted by Gasteiger charge is -2.22. The molecular weight excluding hydrogens is 346 g/mol. The zero-order valence-corrected chi connectivity index (χ0v) is 15.3. The molecule has 0 aliphatic carbocycles. The van der Waals surface area contributed by atoms with Crippen LogP contribution in [0, 0.1) is 0 Å². The molecule has 7 heteroatoms. The number of rotatable bonds is 7. The molecule has 0 aliphatic heterocycles. The van der Waals surface area contributed by atoms with Crippen molar-refractivity contribution in [3.63, 3.8) is 0 Å². The Morgan fingerprint density at radius 2 is 1.59 bits per heavy atom. The van der Waals surface area contributed by atoms with Gasteiger partial charge in [-0.2, -0.15) is 0 Å². The quantitative estimate of drug-likeness (QED) is 0.694. The summed E-state index contributed by atoms with van der Waals surface area (Å²) < 4.78 is 0. The molecule has 0 heterocycles. The van der Waals surface area contributed by atoms with E-state index in [4.69, 9.17) is 5.11 Å². The minimum Gasteiger partial charge on any atom is -0.478 e. The molecule has 0 fully saturated rings. The molecule has 3 N–H and O–H groups in total. The number of benzene rings is 2. The van der Waals surface area contributed by atoms with Crippen molar-refractivity contribution < 1.29 is 19.5 Å². The Morgan fingerprint density at radius 1 is 0.963 bits per heavy atom. The van der Waals surface area contributed by atoms with Gasteiger partial charge < -0.3 is 20.6 Å². The molecule has 0 saturated heterocycles. The van der Waals surface area contributed by atoms with Gasteiger partial charge in [0.15, 0.2) is 0 Å². The lowest BCUT2D eigenvalue weighted by atomic mass is 10.1. The molecule has 1 unspecified atom stereocenters. The Kier molecular flexibility index (Phi) is 6.93. The first kappa shape index (κ1) is 20.0. The van der Waals surface area contributed by atoms with Crippen LogP contribution in [0.3, 0.4) is 0 Å². The van der Waals surface area contributed by atoms with Crippen LogP contribution in [0.2, 0.25) is 0 Å². The number of hydrogen-bond donors (Lipinski definition) is 3. The molecule has 27 heavy (non-hydrogen) atoms. The van der Waals surface area contributed by atoms with Crippen LogP contribution in [0.5, 0.6) is 0 Å². The van der Waals surface area contributed by atoms with E-state index in [2.05, 4.69) is 10.6 Å². The Labute approximate surface area is 158 Å². The number of nitrogens with zero attached hydrogens (tertiary/aromatic N) is 1. The fourth-order valence-electron chi connectivity index (χ4n) is 2.52. The number of nitrogens with one attached hydrogen (secondary N) is 2. The molecule has 0 spiro atoms. The maximum Gasteiger partial charge on any atom is 0.335 e. The summed E-state index contributed by atoms with van der Waals surface area (Å²) in [6.07, 6.45) is 0.387. The number of carboxylic acids is 1. The van der Waals surface area contributed by atoms with Crippen molar-refractivity contribution in [2.45, 2.75) is 19.0 Å². The van der Waals surface area contributed by atoms with Gasteiger partial charge in [0.1, 0.15) is 6.04 Å². The minimum atomic E-state index is -1.00. The van der Waals surface area contributed by atoms with Gasteiger partial charge >= 0.3 is 12.0 Å². The maximum absolute atomic E-state index is 12.4. The normalized spacial score (nSPS) is 11.3. The van der Waals surface area contributed by atoms with Gasteiger partial charge in [-0.1, -0.05) is 42.5 Å². The Morgan fingerprint density at radius 3 is 2.15 bits per heavy atom. The third kappa shape index (κ3) is 6.14. The molecule has 0 bridgehead atoms. The molecule has 0 radical (unpaired) electrons. The van der Waals surface area contributed by atoms with Crippen molar-refractivity contribution >= 4 is 17.9 Å². The Bertz CT molecular complexity index is 789. The highest BCUT2D eigenvalue weighted by Crippen LogP contribution is 2.06. The number of urea groups is 1. The number of amides is 3. The average molecular weight is 369 g/mol. The van der Waals surface area contributed by atoms with Gasteiger partial charge in [-0.05, 0) is 23.3 Å². The smallest absolute Gasteiger partial charge is 0.335 e. The van der Waals surface area contributed by atoms with Crippen LogP contribution in [0.25, 0.3) is 0 Å². The predicted molar refractivity (Wildman–Crippen MR) is 101 cm³/mol. The minimum absolute atomic E-state index is 0.183. The van der Waals surface area contributed by atoms with Crippen LogP contribution < -0.4 is 10.6 Å². The fourth-order valence-corrected chi connectivity index (χ4v) is 2.52. The van der Waals surface area contributed by atoms with Gasteiger partial charge in [0.25, 0.3) is 0 Å². The van der Waals surface area contributed by atoms with Crippen molar-refractivity contribution in [3.05, 3.63) is 71.3 Å². The van der Waals surface area contributed by atoms with Crippen LogP contribution in [0.4, 0.5) is 4.79 Å². The number of carbonyl (C=O) groups excluding carboxylic acids is 2. The first-order valence-corrected chi connectivity index (χ1v) is 8.48. The molecule has 0 aliphatic rings. The molecule has 3 amide bonds. The van der Waals surface area contributed by atoms with Gasteiger partial charge in [0.05, 0.1) is 5.56 Å². The van der Waals surface area contributed by atoms with E-state index in [0.717, 1.165) is 11.1 Å². The largest absolute Gasteiger partial charge is 0.478 e. The lowest BCUT2D eigenvalue weighted by Crippen LogP contribution is -2.50. The average Bonchev–Trinajstić information content (AvgIpc) is 2.66. The van der Waals surface area contributed by atoms with E-state index in [1.807, 2.05) is 30.3 Å². The van der Waals surface area contributed by atoms with Crippen LogP contribution in [-0.4, -0.2) is 48.1 Å². The summed E-state index contributed by atoms with van der Waals surface area (Å²) in [6, 6.07) is 14.5. The van der Waals surface area contributed by atoms with Crippen molar-refractivity contribution in [1.82, 2.24) is 15.5 Å². The van der Waals surface area contributed by atoms with E-state index in [1.165, 1.54) is 17.0 Å². The number of carboxylic acid groups (broad SMARTS) is 1. The van der Waals surface area contributed by atoms with E-state index in [-0.39, 0.29) is 18.0 Å². The molecular formula is C20H23N3O4. The molecule has 2 rings (SSSR count). The second kappa shape index (κ2) is 9.38. The van der Waals surface area contributed by atoms with Crippen molar-refractivity contribution in [1.29, 1.82) is 0 Å². The number of aromatic carboxylic acids is 1. The number of carbonyl (C=O) groups is 3. The second-order valence-corrected chi connectivity index (χ2v) is 6.30. The highest BCUT2D eigenvalue weighted by atomic mass is 16.4. The van der Waals surface area contributed by atoms with E-state index >= 15 is 0 Å². The molecule has 1 atom stereocenters. The Hall–Kier alpha value is -3.35. The van der Waals surface area contributed by atoms with Gasteiger partial charge in [0, 0.05) is 27.1 Å². The summed E-state index contributed by atoms with van der Waals surface area (Å²) in [5, 5.41) is 14.3. The lowest BCUT2D eigenvalue weighted by molar-refractivity contribution is -0.130. The number of hydrogen-bond acceptors (Lipinski definition) is 3. The highest BCUT2D eigenvalue weighted by molar-refractivity contribution is 5.88. The van der Waals surface area contributed by atoms with Crippen LogP contribution in [-0.2, 0) is 17.8 Å². The molecule has 2 aromatic rings. The van der Waals surface area contributed by atoms with E-state index in [9.17, 15) is 14.4 Å². The molecule has 2 aromatic carbocycles. The summed E-state index contributed by atoms with van der Waals surface area (Å²) >= 11 is 0. The summed E-state index contributed by atoms with van der Waals surface area (Å²) in [5.41, 5.74) is 1.89. The summed E-state index contributed by atoms with van der Waals surface area (Å²) in [6.45, 7) is 0.222. The van der Waals surface area contributed by atoms with Crippen LogP contribution >= 0.6 is 0 Å². The first-order valence-electron chi connectivity index (χ1n) is 8.48. The van der Waals surface area contributed by atoms with Crippen LogP contribution in [0.15, 0.2) is 54.6 Å². The zero-order chi connectivity index (χ0) is 19.8. The van der Waals surface area contributed by atoms with Crippen molar-refractivity contribution in [3.8, 4) is 0 Å². The van der Waals surface area contributed by atoms with Gasteiger partial charge in [-0.3, -0.25) is 4.79 Å². The fraction of sp³-hybridized carbons (Fsp3) is 0.250. The molecule has 0 saturated carbocycles. The first-order chi connectivity index (χ1) is 12.9. The van der Waals surface area contributed by atoms with E-state index in [1.54, 1.807) is 26.2 Å². The third-order valence-corrected chi connectivity index (χ3v) is 3.98. The van der Waals surface area contributed by atoms with Gasteiger partial charge in [-0.15, -0.1) is 0 Å². The standard InChI is InChI=1S/C20H23N3O4/c1-23(2)18(24)17(12-14-6-4-3-5-7-14)22-20(27)21-13-15-8-10-16(11-9-15)19(25)26/h3-11,17H,12-13H2,1-2H3,(H,25,26)(H2,21,22,27).